The number of aliphatic hydroxyl groups excluding tert-OH is 1. The molecule has 0 spiro atoms. The topological polar surface area (TPSA) is 71.5 Å². The molecular formula is C14H13ClN2O3. The SMILES string of the molecule is COc1ccc(NC(=O)c2cccnc2Cl)cc1CO. The van der Waals surface area contributed by atoms with Gasteiger partial charge in [0.25, 0.3) is 5.91 Å². The number of benzene rings is 1. The van der Waals surface area contributed by atoms with Crippen LogP contribution in [-0.2, 0) is 6.61 Å². The molecule has 0 aliphatic rings. The Labute approximate surface area is 121 Å². The van der Waals surface area contributed by atoms with Crippen LogP contribution in [-0.4, -0.2) is 23.1 Å². The van der Waals surface area contributed by atoms with E-state index >= 15 is 0 Å². The minimum absolute atomic E-state index is 0.140. The van der Waals surface area contributed by atoms with Crippen molar-refractivity contribution in [3.05, 3.63) is 52.8 Å². The maximum atomic E-state index is 12.1. The number of aliphatic hydroxyl groups is 1. The number of hydrogen-bond donors (Lipinski definition) is 2. The zero-order chi connectivity index (χ0) is 14.5. The Morgan fingerprint density at radius 1 is 1.45 bits per heavy atom. The monoisotopic (exact) mass is 292 g/mol. The van der Waals surface area contributed by atoms with E-state index in [0.29, 0.717) is 17.0 Å². The van der Waals surface area contributed by atoms with Gasteiger partial charge in [0.1, 0.15) is 10.9 Å². The number of pyridine rings is 1. The van der Waals surface area contributed by atoms with Crippen molar-refractivity contribution in [1.29, 1.82) is 0 Å². The fourth-order valence-corrected chi connectivity index (χ4v) is 1.94. The number of carbonyl (C=O) groups is 1. The van der Waals surface area contributed by atoms with E-state index in [1.165, 1.54) is 13.3 Å². The van der Waals surface area contributed by atoms with E-state index in [9.17, 15) is 9.90 Å². The third-order valence-electron chi connectivity index (χ3n) is 2.71. The molecule has 2 aromatic rings. The highest BCUT2D eigenvalue weighted by Gasteiger charge is 2.12. The molecule has 6 heteroatoms. The van der Waals surface area contributed by atoms with Gasteiger partial charge < -0.3 is 15.2 Å². The Morgan fingerprint density at radius 3 is 2.90 bits per heavy atom. The van der Waals surface area contributed by atoms with Gasteiger partial charge in [-0.2, -0.15) is 0 Å². The van der Waals surface area contributed by atoms with E-state index in [0.717, 1.165) is 0 Å². The number of nitrogens with one attached hydrogen (secondary N) is 1. The Bertz CT molecular complexity index is 632. The largest absolute Gasteiger partial charge is 0.496 e. The third kappa shape index (κ3) is 3.07. The van der Waals surface area contributed by atoms with Crippen LogP contribution in [0.25, 0.3) is 0 Å². The Balaban J connectivity index is 2.22. The van der Waals surface area contributed by atoms with Gasteiger partial charge in [-0.05, 0) is 30.3 Å². The number of rotatable bonds is 4. The molecule has 1 amide bonds. The number of nitrogens with zero attached hydrogens (tertiary/aromatic N) is 1. The minimum atomic E-state index is -0.364. The van der Waals surface area contributed by atoms with Gasteiger partial charge in [0, 0.05) is 17.4 Å². The van der Waals surface area contributed by atoms with Gasteiger partial charge >= 0.3 is 0 Å². The molecular weight excluding hydrogens is 280 g/mol. The molecule has 0 atom stereocenters. The van der Waals surface area contributed by atoms with Crippen LogP contribution in [0.4, 0.5) is 5.69 Å². The molecule has 1 aromatic heterocycles. The summed E-state index contributed by atoms with van der Waals surface area (Å²) in [6, 6.07) is 8.21. The van der Waals surface area contributed by atoms with E-state index in [2.05, 4.69) is 10.3 Å². The summed E-state index contributed by atoms with van der Waals surface area (Å²) >= 11 is 5.86. The highest BCUT2D eigenvalue weighted by molar-refractivity contribution is 6.33. The minimum Gasteiger partial charge on any atom is -0.496 e. The molecule has 1 heterocycles. The number of halogens is 1. The molecule has 20 heavy (non-hydrogen) atoms. The molecule has 1 aromatic carbocycles. The predicted molar refractivity (Wildman–Crippen MR) is 76.1 cm³/mol. The van der Waals surface area contributed by atoms with Gasteiger partial charge in [-0.15, -0.1) is 0 Å². The van der Waals surface area contributed by atoms with Crippen molar-refractivity contribution < 1.29 is 14.6 Å². The number of aromatic nitrogens is 1. The van der Waals surface area contributed by atoms with Crippen molar-refractivity contribution >= 4 is 23.2 Å². The van der Waals surface area contributed by atoms with Crippen molar-refractivity contribution in [2.45, 2.75) is 6.61 Å². The molecule has 0 bridgehead atoms. The second kappa shape index (κ2) is 6.36. The molecule has 0 unspecified atom stereocenters. The fourth-order valence-electron chi connectivity index (χ4n) is 1.73. The van der Waals surface area contributed by atoms with Crippen LogP contribution < -0.4 is 10.1 Å². The van der Waals surface area contributed by atoms with Crippen LogP contribution in [0, 0.1) is 0 Å². The van der Waals surface area contributed by atoms with Crippen LogP contribution >= 0.6 is 11.6 Å². The first kappa shape index (κ1) is 14.3. The number of hydrogen-bond acceptors (Lipinski definition) is 4. The van der Waals surface area contributed by atoms with E-state index in [1.807, 2.05) is 0 Å². The smallest absolute Gasteiger partial charge is 0.258 e. The van der Waals surface area contributed by atoms with Crippen LogP contribution in [0.3, 0.4) is 0 Å². The van der Waals surface area contributed by atoms with Crippen molar-refractivity contribution in [3.8, 4) is 5.75 Å². The van der Waals surface area contributed by atoms with Gasteiger partial charge in [-0.25, -0.2) is 4.98 Å². The van der Waals surface area contributed by atoms with Crippen LogP contribution in [0.2, 0.25) is 5.15 Å². The number of carbonyl (C=O) groups excluding carboxylic acids is 1. The number of amides is 1. The Hall–Kier alpha value is -2.11. The second-order valence-corrected chi connectivity index (χ2v) is 4.34. The summed E-state index contributed by atoms with van der Waals surface area (Å²) in [6.07, 6.45) is 1.51. The third-order valence-corrected chi connectivity index (χ3v) is 3.01. The molecule has 0 radical (unpaired) electrons. The summed E-state index contributed by atoms with van der Waals surface area (Å²) in [5, 5.41) is 12.1. The number of ether oxygens (including phenoxy) is 1. The van der Waals surface area contributed by atoms with E-state index < -0.39 is 0 Å². The summed E-state index contributed by atoms with van der Waals surface area (Å²) in [5.41, 5.74) is 1.41. The molecule has 0 saturated carbocycles. The average Bonchev–Trinajstić information content (AvgIpc) is 2.47. The standard InChI is InChI=1S/C14H13ClN2O3/c1-20-12-5-4-10(7-9(12)8-18)17-14(19)11-3-2-6-16-13(11)15/h2-7,18H,8H2,1H3,(H,17,19). The van der Waals surface area contributed by atoms with E-state index in [1.54, 1.807) is 30.3 Å². The van der Waals surface area contributed by atoms with Gasteiger partial charge in [0.05, 0.1) is 19.3 Å². The quantitative estimate of drug-likeness (QED) is 0.849. The molecule has 0 fully saturated rings. The zero-order valence-corrected chi connectivity index (χ0v) is 11.5. The van der Waals surface area contributed by atoms with Gasteiger partial charge in [0.2, 0.25) is 0 Å². The van der Waals surface area contributed by atoms with Gasteiger partial charge in [0.15, 0.2) is 0 Å². The Morgan fingerprint density at radius 2 is 2.25 bits per heavy atom. The first-order chi connectivity index (χ1) is 9.65. The lowest BCUT2D eigenvalue weighted by atomic mass is 10.1. The highest BCUT2D eigenvalue weighted by Crippen LogP contribution is 2.23. The van der Waals surface area contributed by atoms with Gasteiger partial charge in [-0.3, -0.25) is 4.79 Å². The maximum absolute atomic E-state index is 12.1. The summed E-state index contributed by atoms with van der Waals surface area (Å²) < 4.78 is 5.10. The lowest BCUT2D eigenvalue weighted by Gasteiger charge is -2.10. The lowest BCUT2D eigenvalue weighted by molar-refractivity contribution is 0.102. The molecule has 0 aliphatic carbocycles. The number of anilines is 1. The predicted octanol–water partition coefficient (Wildman–Crippen LogP) is 2.49. The normalized spacial score (nSPS) is 10.2. The average molecular weight is 293 g/mol. The maximum Gasteiger partial charge on any atom is 0.258 e. The van der Waals surface area contributed by atoms with Crippen molar-refractivity contribution in [1.82, 2.24) is 4.98 Å². The van der Waals surface area contributed by atoms with Crippen LogP contribution in [0.15, 0.2) is 36.5 Å². The van der Waals surface area contributed by atoms with Crippen molar-refractivity contribution in [3.63, 3.8) is 0 Å². The molecule has 2 N–H and O–H groups in total. The lowest BCUT2D eigenvalue weighted by Crippen LogP contribution is -2.13. The summed E-state index contributed by atoms with van der Waals surface area (Å²) in [7, 11) is 1.52. The van der Waals surface area contributed by atoms with E-state index in [-0.39, 0.29) is 23.2 Å². The fraction of sp³-hybridized carbons (Fsp3) is 0.143. The summed E-state index contributed by atoms with van der Waals surface area (Å²) in [5.74, 6) is 0.196. The molecule has 5 nitrogen and oxygen atoms in total. The molecule has 0 saturated heterocycles. The van der Waals surface area contributed by atoms with Crippen LogP contribution in [0.1, 0.15) is 15.9 Å². The summed E-state index contributed by atoms with van der Waals surface area (Å²) in [4.78, 5) is 15.9. The Kier molecular flexibility index (Phi) is 4.55. The van der Waals surface area contributed by atoms with Crippen molar-refractivity contribution in [2.24, 2.45) is 0 Å². The molecule has 2 rings (SSSR count). The highest BCUT2D eigenvalue weighted by atomic mass is 35.5. The molecule has 0 aliphatic heterocycles. The molecule has 104 valence electrons. The van der Waals surface area contributed by atoms with E-state index in [4.69, 9.17) is 16.3 Å². The zero-order valence-electron chi connectivity index (χ0n) is 10.8. The van der Waals surface area contributed by atoms with Gasteiger partial charge in [-0.1, -0.05) is 11.6 Å². The van der Waals surface area contributed by atoms with Crippen LogP contribution in [0.5, 0.6) is 5.75 Å². The van der Waals surface area contributed by atoms with Crippen molar-refractivity contribution in [2.75, 3.05) is 12.4 Å². The first-order valence-corrected chi connectivity index (χ1v) is 6.23. The number of methoxy groups -OCH3 is 1. The summed E-state index contributed by atoms with van der Waals surface area (Å²) in [6.45, 7) is -0.180. The first-order valence-electron chi connectivity index (χ1n) is 5.85. The second-order valence-electron chi connectivity index (χ2n) is 3.98.